The zero-order chi connectivity index (χ0) is 26.2. The molecule has 3 aromatic heterocycles. The number of imidazole rings is 1. The number of pyridine rings is 1. The van der Waals surface area contributed by atoms with Gasteiger partial charge in [-0.3, -0.25) is 4.79 Å². The third-order valence-corrected chi connectivity index (χ3v) is 6.61. The van der Waals surface area contributed by atoms with Crippen LogP contribution in [0.2, 0.25) is 0 Å². The number of carbonyl (C=O) groups is 1. The summed E-state index contributed by atoms with van der Waals surface area (Å²) in [7, 11) is 1.59. The predicted molar refractivity (Wildman–Crippen MR) is 126 cm³/mol. The Labute approximate surface area is 205 Å². The van der Waals surface area contributed by atoms with Crippen molar-refractivity contribution in [2.24, 2.45) is 7.05 Å². The highest BCUT2D eigenvalue weighted by Gasteiger charge is 2.38. The lowest BCUT2D eigenvalue weighted by molar-refractivity contribution is -0.137. The topological polar surface area (TPSA) is 74.5 Å². The molecule has 5 aromatic rings. The van der Waals surface area contributed by atoms with Gasteiger partial charge >= 0.3 is 6.18 Å². The fourth-order valence-electron chi connectivity index (χ4n) is 4.90. The van der Waals surface area contributed by atoms with E-state index in [9.17, 15) is 26.7 Å². The summed E-state index contributed by atoms with van der Waals surface area (Å²) < 4.78 is 80.1. The van der Waals surface area contributed by atoms with Gasteiger partial charge in [-0.25, -0.2) is 13.8 Å². The van der Waals surface area contributed by atoms with Crippen molar-refractivity contribution in [2.45, 2.75) is 12.6 Å². The number of hydrogen-bond donors (Lipinski definition) is 1. The molecule has 4 heterocycles. The van der Waals surface area contributed by atoms with Crippen LogP contribution in [0.5, 0.6) is 5.75 Å². The summed E-state index contributed by atoms with van der Waals surface area (Å²) in [6, 6.07) is 7.23. The van der Waals surface area contributed by atoms with E-state index in [1.807, 2.05) is 0 Å². The first kappa shape index (κ1) is 23.0. The number of halogens is 5. The van der Waals surface area contributed by atoms with E-state index in [1.165, 1.54) is 39.7 Å². The molecule has 0 saturated carbocycles. The van der Waals surface area contributed by atoms with Gasteiger partial charge in [0, 0.05) is 36.4 Å². The van der Waals surface area contributed by atoms with E-state index >= 15 is 0 Å². The van der Waals surface area contributed by atoms with Crippen LogP contribution < -0.4 is 10.5 Å². The highest BCUT2D eigenvalue weighted by atomic mass is 19.4. The van der Waals surface area contributed by atoms with Crippen molar-refractivity contribution in [3.63, 3.8) is 0 Å². The molecule has 0 fully saturated rings. The van der Waals surface area contributed by atoms with Crippen molar-refractivity contribution in [3.05, 3.63) is 82.9 Å². The quantitative estimate of drug-likeness (QED) is 0.192. The molecule has 188 valence electrons. The number of fused-ring (bicyclic) bond motifs is 4. The molecule has 37 heavy (non-hydrogen) atoms. The highest BCUT2D eigenvalue weighted by molar-refractivity contribution is 6.10. The van der Waals surface area contributed by atoms with E-state index in [2.05, 4.69) is 4.98 Å². The van der Waals surface area contributed by atoms with E-state index in [0.29, 0.717) is 11.1 Å². The second kappa shape index (κ2) is 7.79. The molecule has 1 aliphatic rings. The largest absolute Gasteiger partial charge is 0.490 e. The zero-order valence-electron chi connectivity index (χ0n) is 19.2. The van der Waals surface area contributed by atoms with Crippen LogP contribution >= 0.6 is 0 Å². The maximum atomic E-state index is 14.4. The number of ketones is 1. The molecule has 2 aromatic carbocycles. The smallest absolute Gasteiger partial charge is 0.417 e. The van der Waals surface area contributed by atoms with Gasteiger partial charge in [0.05, 0.1) is 35.2 Å². The molecule has 0 unspecified atom stereocenters. The summed E-state index contributed by atoms with van der Waals surface area (Å²) in [6.45, 7) is 0.0206. The fraction of sp³-hybridized carbons (Fsp3) is 0.154. The SMILES string of the molecule is Cn1cnc2c3c(c(C(F)(F)F)cc21)-c1cccn2c(C(=O)c4cc(F)c(N)c(F)c4)cc(c12)CCO3. The average Bonchev–Trinajstić information content (AvgIpc) is 3.40. The van der Waals surface area contributed by atoms with Crippen LogP contribution in [0.4, 0.5) is 27.6 Å². The van der Waals surface area contributed by atoms with Crippen molar-refractivity contribution < 1.29 is 31.5 Å². The Morgan fingerprint density at radius 2 is 1.86 bits per heavy atom. The van der Waals surface area contributed by atoms with E-state index in [4.69, 9.17) is 10.5 Å². The first-order valence-corrected chi connectivity index (χ1v) is 11.2. The Balaban J connectivity index is 1.66. The van der Waals surface area contributed by atoms with E-state index in [0.717, 1.165) is 18.2 Å². The molecule has 0 atom stereocenters. The van der Waals surface area contributed by atoms with Crippen LogP contribution in [0.3, 0.4) is 0 Å². The lowest BCUT2D eigenvalue weighted by Crippen LogP contribution is -2.13. The van der Waals surface area contributed by atoms with Gasteiger partial charge < -0.3 is 19.4 Å². The van der Waals surface area contributed by atoms with Gasteiger partial charge in [-0.15, -0.1) is 0 Å². The summed E-state index contributed by atoms with van der Waals surface area (Å²) in [6.07, 6.45) is -1.52. The van der Waals surface area contributed by atoms with Crippen LogP contribution in [0, 0.1) is 11.6 Å². The number of aromatic nitrogens is 3. The number of anilines is 1. The number of benzene rings is 2. The lowest BCUT2D eigenvalue weighted by Gasteiger charge is -2.22. The Bertz CT molecular complexity index is 1740. The monoisotopic (exact) mass is 512 g/mol. The van der Waals surface area contributed by atoms with Crippen LogP contribution in [0.15, 0.2) is 48.9 Å². The van der Waals surface area contributed by atoms with Crippen molar-refractivity contribution in [3.8, 4) is 16.9 Å². The Morgan fingerprint density at radius 3 is 2.57 bits per heavy atom. The van der Waals surface area contributed by atoms with Gasteiger partial charge in [0.1, 0.15) is 22.8 Å². The summed E-state index contributed by atoms with van der Waals surface area (Å²) in [4.78, 5) is 17.6. The van der Waals surface area contributed by atoms with Gasteiger partial charge in [0.15, 0.2) is 5.75 Å². The van der Waals surface area contributed by atoms with Gasteiger partial charge in [-0.2, -0.15) is 13.2 Å². The molecular formula is C26H17F5N4O2. The molecule has 0 aliphatic carbocycles. The van der Waals surface area contributed by atoms with Gasteiger partial charge in [-0.1, -0.05) is 6.07 Å². The summed E-state index contributed by atoms with van der Waals surface area (Å²) >= 11 is 0. The number of nitrogen functional groups attached to an aromatic ring is 1. The second-order valence-corrected chi connectivity index (χ2v) is 8.83. The van der Waals surface area contributed by atoms with Gasteiger partial charge in [-0.05, 0) is 35.9 Å². The van der Waals surface area contributed by atoms with Crippen molar-refractivity contribution in [1.29, 1.82) is 0 Å². The van der Waals surface area contributed by atoms with E-state index in [-0.39, 0.29) is 52.2 Å². The van der Waals surface area contributed by atoms with Gasteiger partial charge in [0.25, 0.3) is 0 Å². The minimum atomic E-state index is -4.72. The first-order chi connectivity index (χ1) is 17.6. The molecular weight excluding hydrogens is 495 g/mol. The minimum Gasteiger partial charge on any atom is -0.490 e. The summed E-state index contributed by atoms with van der Waals surface area (Å²) in [5, 5.41) is 0. The molecule has 0 amide bonds. The Kier molecular flexibility index (Phi) is 4.85. The van der Waals surface area contributed by atoms with Crippen LogP contribution in [-0.4, -0.2) is 26.3 Å². The van der Waals surface area contributed by atoms with Crippen LogP contribution in [0.25, 0.3) is 27.7 Å². The molecule has 6 rings (SSSR count). The molecule has 2 N–H and O–H groups in total. The number of nitrogens with two attached hydrogens (primary N) is 1. The highest BCUT2D eigenvalue weighted by Crippen LogP contribution is 2.48. The number of carbonyl (C=O) groups excluding carboxylic acids is 1. The maximum Gasteiger partial charge on any atom is 0.417 e. The van der Waals surface area contributed by atoms with E-state index in [1.54, 1.807) is 7.05 Å². The summed E-state index contributed by atoms with van der Waals surface area (Å²) in [5.41, 5.74) is 4.94. The van der Waals surface area contributed by atoms with Crippen molar-refractivity contribution in [2.75, 3.05) is 12.3 Å². The molecule has 6 nitrogen and oxygen atoms in total. The zero-order valence-corrected chi connectivity index (χ0v) is 19.2. The minimum absolute atomic E-state index is 0.000859. The van der Waals surface area contributed by atoms with Crippen LogP contribution in [0.1, 0.15) is 27.2 Å². The third kappa shape index (κ3) is 3.37. The standard InChI is InChI=1S/C26H17F5N4O2/c1-34-11-33-22-18(34)10-15(26(29,30)31)20-14-3-2-5-35-19(9-12(23(14)35)4-6-37-25(20)22)24(36)13-7-16(27)21(32)17(28)8-13/h2-3,5,7-11H,4,6,32H2,1H3. The molecule has 0 bridgehead atoms. The molecule has 0 radical (unpaired) electrons. The van der Waals surface area contributed by atoms with E-state index < -0.39 is 34.8 Å². The van der Waals surface area contributed by atoms with Crippen molar-refractivity contribution in [1.82, 2.24) is 14.0 Å². The number of rotatable bonds is 2. The fourth-order valence-corrected chi connectivity index (χ4v) is 4.90. The first-order valence-electron chi connectivity index (χ1n) is 11.2. The molecule has 1 aliphatic heterocycles. The number of nitrogens with zero attached hydrogens (tertiary/aromatic N) is 3. The molecule has 0 saturated heterocycles. The van der Waals surface area contributed by atoms with Crippen molar-refractivity contribution >= 4 is 28.0 Å². The number of alkyl halides is 3. The molecule has 0 spiro atoms. The average molecular weight is 512 g/mol. The third-order valence-electron chi connectivity index (χ3n) is 6.61. The second-order valence-electron chi connectivity index (χ2n) is 8.83. The normalized spacial score (nSPS) is 13.4. The predicted octanol–water partition coefficient (Wildman–Crippen LogP) is 5.54. The Hall–Kier alpha value is -4.41. The number of aryl methyl sites for hydroxylation is 1. The molecule has 11 heteroatoms. The number of hydrogen-bond acceptors (Lipinski definition) is 4. The summed E-state index contributed by atoms with van der Waals surface area (Å²) in [5.74, 6) is -2.88. The van der Waals surface area contributed by atoms with Crippen LogP contribution in [-0.2, 0) is 19.6 Å². The number of ether oxygens (including phenoxy) is 1. The maximum absolute atomic E-state index is 14.4. The Morgan fingerprint density at radius 1 is 1.14 bits per heavy atom. The lowest BCUT2D eigenvalue weighted by atomic mass is 9.94. The van der Waals surface area contributed by atoms with Gasteiger partial charge in [0.2, 0.25) is 5.78 Å².